The first-order valence-electron chi connectivity index (χ1n) is 5.97. The smallest absolute Gasteiger partial charge is 0.0455 e. The van der Waals surface area contributed by atoms with Crippen LogP contribution >= 0.6 is 27.5 Å². The van der Waals surface area contributed by atoms with Crippen LogP contribution in [0.15, 0.2) is 53.1 Å². The molecule has 1 heterocycles. The van der Waals surface area contributed by atoms with Gasteiger partial charge in [0.25, 0.3) is 0 Å². The number of hydrogen-bond donors (Lipinski definition) is 2. The van der Waals surface area contributed by atoms with Gasteiger partial charge in [-0.05, 0) is 48.0 Å². The van der Waals surface area contributed by atoms with Crippen LogP contribution in [0.25, 0.3) is 10.9 Å². The van der Waals surface area contributed by atoms with Crippen LogP contribution in [0.1, 0.15) is 5.56 Å². The quantitative estimate of drug-likeness (QED) is 0.677. The molecule has 0 radical (unpaired) electrons. The molecule has 0 unspecified atom stereocenters. The van der Waals surface area contributed by atoms with E-state index in [0.717, 1.165) is 32.8 Å². The molecule has 0 saturated heterocycles. The van der Waals surface area contributed by atoms with Gasteiger partial charge in [-0.15, -0.1) is 0 Å². The third kappa shape index (κ3) is 2.77. The van der Waals surface area contributed by atoms with E-state index in [-0.39, 0.29) is 0 Å². The number of hydrogen-bond acceptors (Lipinski definition) is 1. The van der Waals surface area contributed by atoms with Crippen molar-refractivity contribution >= 4 is 44.1 Å². The van der Waals surface area contributed by atoms with Crippen LogP contribution in [0.5, 0.6) is 0 Å². The lowest BCUT2D eigenvalue weighted by molar-refractivity contribution is 1.14. The third-order valence-electron chi connectivity index (χ3n) is 3.04. The van der Waals surface area contributed by atoms with E-state index in [2.05, 4.69) is 50.5 Å². The Hall–Kier alpha value is -1.45. The molecule has 4 heteroatoms. The lowest BCUT2D eigenvalue weighted by Crippen LogP contribution is -2.00. The van der Waals surface area contributed by atoms with E-state index >= 15 is 0 Å². The van der Waals surface area contributed by atoms with Gasteiger partial charge in [0.15, 0.2) is 0 Å². The Labute approximate surface area is 124 Å². The summed E-state index contributed by atoms with van der Waals surface area (Å²) in [6.45, 7) is 0.733. The van der Waals surface area contributed by atoms with Crippen molar-refractivity contribution < 1.29 is 0 Å². The van der Waals surface area contributed by atoms with E-state index in [9.17, 15) is 0 Å². The summed E-state index contributed by atoms with van der Waals surface area (Å²) >= 11 is 9.54. The molecule has 0 saturated carbocycles. The first kappa shape index (κ1) is 12.6. The minimum atomic E-state index is 0.733. The lowest BCUT2D eigenvalue weighted by Gasteiger charge is -2.09. The molecule has 0 aliphatic rings. The molecule has 2 nitrogen and oxygen atoms in total. The van der Waals surface area contributed by atoms with Gasteiger partial charge < -0.3 is 10.3 Å². The van der Waals surface area contributed by atoms with Crippen LogP contribution in [0.2, 0.25) is 5.02 Å². The fourth-order valence-corrected chi connectivity index (χ4v) is 2.62. The molecule has 2 aromatic carbocycles. The first-order chi connectivity index (χ1) is 9.22. The van der Waals surface area contributed by atoms with Crippen LogP contribution in [-0.2, 0) is 6.54 Å². The monoisotopic (exact) mass is 334 g/mol. The second-order valence-electron chi connectivity index (χ2n) is 4.37. The summed E-state index contributed by atoms with van der Waals surface area (Å²) in [6.07, 6.45) is 1.95. The van der Waals surface area contributed by atoms with Crippen LogP contribution in [-0.4, -0.2) is 4.98 Å². The fourth-order valence-electron chi connectivity index (χ4n) is 2.04. The molecule has 96 valence electrons. The Morgan fingerprint density at radius 1 is 1.11 bits per heavy atom. The van der Waals surface area contributed by atoms with Gasteiger partial charge in [0, 0.05) is 38.8 Å². The van der Waals surface area contributed by atoms with E-state index in [1.54, 1.807) is 0 Å². The van der Waals surface area contributed by atoms with Crippen molar-refractivity contribution in [2.75, 3.05) is 5.32 Å². The van der Waals surface area contributed by atoms with Crippen molar-refractivity contribution in [2.45, 2.75) is 6.54 Å². The summed E-state index contributed by atoms with van der Waals surface area (Å²) < 4.78 is 1.06. The predicted molar refractivity (Wildman–Crippen MR) is 84.8 cm³/mol. The van der Waals surface area contributed by atoms with E-state index in [0.29, 0.717) is 0 Å². The van der Waals surface area contributed by atoms with Crippen molar-refractivity contribution in [3.63, 3.8) is 0 Å². The maximum Gasteiger partial charge on any atom is 0.0455 e. The Balaban J connectivity index is 1.79. The fraction of sp³-hybridized carbons (Fsp3) is 0.0667. The highest BCUT2D eigenvalue weighted by molar-refractivity contribution is 9.10. The second-order valence-corrected chi connectivity index (χ2v) is 5.66. The number of H-pyrrole nitrogens is 1. The van der Waals surface area contributed by atoms with E-state index in [1.165, 1.54) is 5.39 Å². The highest BCUT2D eigenvalue weighted by atomic mass is 79.9. The van der Waals surface area contributed by atoms with Crippen molar-refractivity contribution in [1.82, 2.24) is 4.98 Å². The predicted octanol–water partition coefficient (Wildman–Crippen LogP) is 5.20. The van der Waals surface area contributed by atoms with Crippen molar-refractivity contribution in [3.05, 3.63) is 63.7 Å². The van der Waals surface area contributed by atoms with E-state index in [1.807, 2.05) is 24.4 Å². The number of aromatic nitrogens is 1. The molecular formula is C15H12BrClN2. The molecule has 0 aliphatic heterocycles. The van der Waals surface area contributed by atoms with Crippen LogP contribution in [0.4, 0.5) is 5.69 Å². The number of anilines is 1. The first-order valence-corrected chi connectivity index (χ1v) is 7.14. The van der Waals surface area contributed by atoms with Gasteiger partial charge in [-0.25, -0.2) is 0 Å². The zero-order valence-corrected chi connectivity index (χ0v) is 12.4. The van der Waals surface area contributed by atoms with Gasteiger partial charge in [0.1, 0.15) is 0 Å². The van der Waals surface area contributed by atoms with Gasteiger partial charge in [-0.3, -0.25) is 0 Å². The Kier molecular flexibility index (Phi) is 3.49. The van der Waals surface area contributed by atoms with E-state index < -0.39 is 0 Å². The minimum Gasteiger partial charge on any atom is -0.381 e. The van der Waals surface area contributed by atoms with Gasteiger partial charge in [-0.2, -0.15) is 0 Å². The molecule has 0 spiro atoms. The maximum absolute atomic E-state index is 6.01. The average Bonchev–Trinajstić information content (AvgIpc) is 2.87. The molecule has 0 bridgehead atoms. The SMILES string of the molecule is Clc1ccc(Br)c(CNc2ccc3[nH]ccc3c2)c1. The Morgan fingerprint density at radius 3 is 2.89 bits per heavy atom. The van der Waals surface area contributed by atoms with Crippen LogP contribution in [0, 0.1) is 0 Å². The number of nitrogens with one attached hydrogen (secondary N) is 2. The molecule has 19 heavy (non-hydrogen) atoms. The average molecular weight is 336 g/mol. The third-order valence-corrected chi connectivity index (χ3v) is 4.05. The van der Waals surface area contributed by atoms with Gasteiger partial charge in [0.05, 0.1) is 0 Å². The molecule has 2 N–H and O–H groups in total. The summed E-state index contributed by atoms with van der Waals surface area (Å²) in [7, 11) is 0. The number of benzene rings is 2. The zero-order valence-electron chi connectivity index (χ0n) is 10.1. The van der Waals surface area contributed by atoms with E-state index in [4.69, 9.17) is 11.6 Å². The molecule has 0 fully saturated rings. The molecule has 1 aromatic heterocycles. The zero-order chi connectivity index (χ0) is 13.2. The minimum absolute atomic E-state index is 0.733. The maximum atomic E-state index is 6.01. The van der Waals surface area contributed by atoms with Gasteiger partial charge in [-0.1, -0.05) is 27.5 Å². The van der Waals surface area contributed by atoms with Gasteiger partial charge >= 0.3 is 0 Å². The Morgan fingerprint density at radius 2 is 2.00 bits per heavy atom. The number of halogens is 2. The van der Waals surface area contributed by atoms with Crippen molar-refractivity contribution in [3.8, 4) is 0 Å². The Bertz CT molecular complexity index is 721. The van der Waals surface area contributed by atoms with Gasteiger partial charge in [0.2, 0.25) is 0 Å². The van der Waals surface area contributed by atoms with Crippen LogP contribution in [0.3, 0.4) is 0 Å². The second kappa shape index (κ2) is 5.27. The highest BCUT2D eigenvalue weighted by Gasteiger charge is 2.02. The van der Waals surface area contributed by atoms with Crippen molar-refractivity contribution in [2.24, 2.45) is 0 Å². The summed E-state index contributed by atoms with van der Waals surface area (Å²) in [5, 5.41) is 5.36. The summed E-state index contributed by atoms with van der Waals surface area (Å²) in [5.74, 6) is 0. The molecule has 0 amide bonds. The largest absolute Gasteiger partial charge is 0.381 e. The summed E-state index contributed by atoms with van der Waals surface area (Å²) in [5.41, 5.74) is 3.38. The normalized spacial score (nSPS) is 10.8. The number of rotatable bonds is 3. The number of fused-ring (bicyclic) bond motifs is 1. The van der Waals surface area contributed by atoms with Crippen molar-refractivity contribution in [1.29, 1.82) is 0 Å². The lowest BCUT2D eigenvalue weighted by atomic mass is 10.2. The molecule has 0 atom stereocenters. The molecule has 3 aromatic rings. The number of aromatic amines is 1. The molecule has 0 aliphatic carbocycles. The summed E-state index contributed by atoms with van der Waals surface area (Å²) in [4.78, 5) is 3.18. The topological polar surface area (TPSA) is 27.8 Å². The molecule has 3 rings (SSSR count). The highest BCUT2D eigenvalue weighted by Crippen LogP contribution is 2.23. The van der Waals surface area contributed by atoms with Crippen LogP contribution < -0.4 is 5.32 Å². The standard InChI is InChI=1S/C15H12BrClN2/c16-14-3-1-12(17)7-11(14)9-19-13-2-4-15-10(8-13)5-6-18-15/h1-8,18-19H,9H2. The summed E-state index contributed by atoms with van der Waals surface area (Å²) in [6, 6.07) is 14.1. The molecular weight excluding hydrogens is 324 g/mol.